The third kappa shape index (κ3) is 3.05. The van der Waals surface area contributed by atoms with Crippen molar-refractivity contribution < 1.29 is 5.11 Å². The molecule has 0 bridgehead atoms. The summed E-state index contributed by atoms with van der Waals surface area (Å²) in [5, 5.41) is 17.3. The van der Waals surface area contributed by atoms with Gasteiger partial charge in [-0.15, -0.1) is 0 Å². The molecule has 4 heteroatoms. The zero-order valence-corrected chi connectivity index (χ0v) is 8.73. The summed E-state index contributed by atoms with van der Waals surface area (Å²) in [6.45, 7) is 0. The predicted octanol–water partition coefficient (Wildman–Crippen LogP) is 1.12. The van der Waals surface area contributed by atoms with Crippen molar-refractivity contribution in [1.29, 1.82) is 5.26 Å². The standard InChI is InChI=1S/C8H6N2O.Na/c9-4-3-8(11)7-2-1-5-10-6-7;/h1-3,5-6,11H;. The van der Waals surface area contributed by atoms with Crippen LogP contribution in [0.3, 0.4) is 0 Å². The molecule has 1 radical (unpaired) electrons. The van der Waals surface area contributed by atoms with Gasteiger partial charge in [-0.25, -0.2) is 0 Å². The van der Waals surface area contributed by atoms with Crippen molar-refractivity contribution in [3.63, 3.8) is 0 Å². The Hall–Kier alpha value is -0.820. The van der Waals surface area contributed by atoms with Crippen LogP contribution in [0.4, 0.5) is 0 Å². The molecule has 0 aromatic carbocycles. The van der Waals surface area contributed by atoms with Gasteiger partial charge >= 0.3 is 0 Å². The Labute approximate surface area is 92.7 Å². The van der Waals surface area contributed by atoms with Gasteiger partial charge in [0.05, 0.1) is 12.1 Å². The van der Waals surface area contributed by atoms with Gasteiger partial charge in [-0.2, -0.15) is 5.26 Å². The van der Waals surface area contributed by atoms with Crippen LogP contribution in [0.15, 0.2) is 30.6 Å². The van der Waals surface area contributed by atoms with E-state index in [1.54, 1.807) is 24.4 Å². The van der Waals surface area contributed by atoms with Gasteiger partial charge in [0.1, 0.15) is 5.76 Å². The van der Waals surface area contributed by atoms with E-state index in [1.165, 1.54) is 6.20 Å². The Bertz CT molecular complexity index is 303. The average Bonchev–Trinajstić information content (AvgIpc) is 2.07. The molecule has 1 rings (SSSR count). The molecule has 0 spiro atoms. The number of aliphatic hydroxyl groups excluding tert-OH is 1. The van der Waals surface area contributed by atoms with Crippen LogP contribution in [0.1, 0.15) is 5.56 Å². The second-order valence-corrected chi connectivity index (χ2v) is 1.90. The predicted molar refractivity (Wildman–Crippen MR) is 46.2 cm³/mol. The molecule has 1 N–H and O–H groups in total. The summed E-state index contributed by atoms with van der Waals surface area (Å²) >= 11 is 0. The summed E-state index contributed by atoms with van der Waals surface area (Å²) < 4.78 is 0. The molecule has 1 aromatic heterocycles. The maximum atomic E-state index is 9.12. The van der Waals surface area contributed by atoms with Crippen LogP contribution in [0, 0.1) is 11.3 Å². The molecule has 0 amide bonds. The molecule has 3 nitrogen and oxygen atoms in total. The molecule has 0 unspecified atom stereocenters. The zero-order valence-electron chi connectivity index (χ0n) is 6.73. The number of hydrogen-bond acceptors (Lipinski definition) is 3. The number of aromatic nitrogens is 1. The molecule has 0 saturated carbocycles. The van der Waals surface area contributed by atoms with Crippen LogP contribution in [0.25, 0.3) is 5.76 Å². The van der Waals surface area contributed by atoms with Gasteiger partial charge in [-0.3, -0.25) is 4.98 Å². The van der Waals surface area contributed by atoms with Crippen LogP contribution in [0.2, 0.25) is 0 Å². The third-order valence-corrected chi connectivity index (χ3v) is 1.16. The molecule has 0 saturated heterocycles. The Balaban J connectivity index is 0.00000121. The Morgan fingerprint density at radius 2 is 2.42 bits per heavy atom. The molecule has 0 fully saturated rings. The maximum absolute atomic E-state index is 9.12. The Morgan fingerprint density at radius 3 is 2.92 bits per heavy atom. The van der Waals surface area contributed by atoms with E-state index in [2.05, 4.69) is 4.98 Å². The third-order valence-electron chi connectivity index (χ3n) is 1.16. The Kier molecular flexibility index (Phi) is 5.39. The summed E-state index contributed by atoms with van der Waals surface area (Å²) in [5.74, 6) is -0.0550. The summed E-state index contributed by atoms with van der Waals surface area (Å²) in [7, 11) is 0. The number of aliphatic hydroxyl groups is 1. The molecular formula is C8H6N2NaO. The van der Waals surface area contributed by atoms with Gasteiger partial charge in [0.2, 0.25) is 0 Å². The summed E-state index contributed by atoms with van der Waals surface area (Å²) in [6, 6.07) is 5.09. The number of pyridine rings is 1. The van der Waals surface area contributed by atoms with E-state index >= 15 is 0 Å². The number of hydrogen-bond donors (Lipinski definition) is 1. The first-order valence-electron chi connectivity index (χ1n) is 3.03. The monoisotopic (exact) mass is 169 g/mol. The van der Waals surface area contributed by atoms with Gasteiger partial charge in [-0.05, 0) is 12.1 Å². The fraction of sp³-hybridized carbons (Fsp3) is 0. The molecule has 12 heavy (non-hydrogen) atoms. The van der Waals surface area contributed by atoms with Crippen LogP contribution < -0.4 is 0 Å². The van der Waals surface area contributed by atoms with Crippen molar-refractivity contribution in [2.24, 2.45) is 0 Å². The van der Waals surface area contributed by atoms with Crippen molar-refractivity contribution in [3.8, 4) is 6.07 Å². The minimum Gasteiger partial charge on any atom is -0.507 e. The van der Waals surface area contributed by atoms with Gasteiger partial charge in [-0.1, -0.05) is 0 Å². The molecule has 55 valence electrons. The molecule has 0 aliphatic heterocycles. The van der Waals surface area contributed by atoms with Crippen LogP contribution in [-0.4, -0.2) is 39.6 Å². The number of allylic oxidation sites excluding steroid dienone is 1. The van der Waals surface area contributed by atoms with Crippen molar-refractivity contribution in [2.75, 3.05) is 0 Å². The summed E-state index contributed by atoms with van der Waals surface area (Å²) in [4.78, 5) is 3.78. The fourth-order valence-corrected chi connectivity index (χ4v) is 0.659. The number of rotatable bonds is 1. The maximum Gasteiger partial charge on any atom is 0.134 e. The summed E-state index contributed by atoms with van der Waals surface area (Å²) in [5.41, 5.74) is 0.550. The van der Waals surface area contributed by atoms with Crippen molar-refractivity contribution in [1.82, 2.24) is 4.98 Å². The van der Waals surface area contributed by atoms with Gasteiger partial charge in [0.25, 0.3) is 0 Å². The van der Waals surface area contributed by atoms with Crippen LogP contribution in [-0.2, 0) is 0 Å². The average molecular weight is 169 g/mol. The van der Waals surface area contributed by atoms with E-state index in [1.807, 2.05) is 0 Å². The van der Waals surface area contributed by atoms with E-state index in [4.69, 9.17) is 10.4 Å². The van der Waals surface area contributed by atoms with Gasteiger partial charge in [0, 0.05) is 47.5 Å². The van der Waals surface area contributed by atoms with E-state index in [0.29, 0.717) is 5.56 Å². The van der Waals surface area contributed by atoms with Crippen LogP contribution >= 0.6 is 0 Å². The molecule has 0 aliphatic carbocycles. The van der Waals surface area contributed by atoms with E-state index in [-0.39, 0.29) is 35.3 Å². The SMILES string of the molecule is N#CC=C(O)c1cccnc1.[Na]. The normalized spacial score (nSPS) is 9.75. The Morgan fingerprint density at radius 1 is 1.67 bits per heavy atom. The first kappa shape index (κ1) is 11.2. The largest absolute Gasteiger partial charge is 0.507 e. The zero-order chi connectivity index (χ0) is 8.10. The fourth-order valence-electron chi connectivity index (χ4n) is 0.659. The molecule has 0 atom stereocenters. The topological polar surface area (TPSA) is 56.9 Å². The van der Waals surface area contributed by atoms with E-state index < -0.39 is 0 Å². The first-order valence-corrected chi connectivity index (χ1v) is 3.03. The van der Waals surface area contributed by atoms with Gasteiger partial charge < -0.3 is 5.11 Å². The molecule has 1 aromatic rings. The second kappa shape index (κ2) is 5.78. The summed E-state index contributed by atoms with van der Waals surface area (Å²) in [6.07, 6.45) is 4.16. The molecule has 0 aliphatic rings. The minimum atomic E-state index is -0.0550. The van der Waals surface area contributed by atoms with E-state index in [0.717, 1.165) is 6.08 Å². The quantitative estimate of drug-likeness (QED) is 0.389. The van der Waals surface area contributed by atoms with Gasteiger partial charge in [0.15, 0.2) is 0 Å². The second-order valence-electron chi connectivity index (χ2n) is 1.90. The minimum absolute atomic E-state index is 0. The number of nitrogens with zero attached hydrogens (tertiary/aromatic N) is 2. The van der Waals surface area contributed by atoms with Crippen molar-refractivity contribution in [3.05, 3.63) is 36.2 Å². The molecule has 1 heterocycles. The van der Waals surface area contributed by atoms with Crippen molar-refractivity contribution >= 4 is 35.3 Å². The van der Waals surface area contributed by atoms with E-state index in [9.17, 15) is 0 Å². The smallest absolute Gasteiger partial charge is 0.134 e. The molecular weight excluding hydrogens is 163 g/mol. The number of nitriles is 1. The van der Waals surface area contributed by atoms with Crippen LogP contribution in [0.5, 0.6) is 0 Å². The van der Waals surface area contributed by atoms with Crippen molar-refractivity contribution in [2.45, 2.75) is 0 Å². The first-order chi connectivity index (χ1) is 5.34.